The van der Waals surface area contributed by atoms with Crippen molar-refractivity contribution in [2.24, 2.45) is 5.92 Å². The summed E-state index contributed by atoms with van der Waals surface area (Å²) >= 11 is 3.56. The van der Waals surface area contributed by atoms with Crippen LogP contribution in [0.4, 0.5) is 0 Å². The number of ketones is 1. The third-order valence-corrected chi connectivity index (χ3v) is 3.15. The molecule has 1 nitrogen and oxygen atoms in total. The number of hydrogen-bond donors (Lipinski definition) is 0. The van der Waals surface area contributed by atoms with E-state index in [1.807, 2.05) is 0 Å². The van der Waals surface area contributed by atoms with E-state index in [9.17, 15) is 4.79 Å². The second-order valence-corrected chi connectivity index (χ2v) is 5.16. The lowest BCUT2D eigenvalue weighted by molar-refractivity contribution is -0.117. The Hall–Kier alpha value is -0.630. The Morgan fingerprint density at radius 1 is 1.47 bits per heavy atom. The van der Waals surface area contributed by atoms with E-state index in [2.05, 4.69) is 48.0 Å². The molecule has 0 aliphatic rings. The van der Waals surface area contributed by atoms with Crippen LogP contribution in [0.25, 0.3) is 0 Å². The van der Waals surface area contributed by atoms with Crippen LogP contribution in [0.5, 0.6) is 0 Å². The fourth-order valence-corrected chi connectivity index (χ4v) is 2.41. The van der Waals surface area contributed by atoms with Crippen molar-refractivity contribution in [3.63, 3.8) is 0 Å². The first-order valence-corrected chi connectivity index (χ1v) is 6.03. The van der Waals surface area contributed by atoms with Crippen molar-refractivity contribution in [1.29, 1.82) is 0 Å². The summed E-state index contributed by atoms with van der Waals surface area (Å²) < 4.78 is 1.15. The van der Waals surface area contributed by atoms with Gasteiger partial charge in [0.1, 0.15) is 5.78 Å². The molecule has 0 fully saturated rings. The van der Waals surface area contributed by atoms with Gasteiger partial charge in [-0.25, -0.2) is 0 Å². The van der Waals surface area contributed by atoms with Crippen molar-refractivity contribution < 1.29 is 4.79 Å². The standard InChI is InChI=1S/C13H17BrO/c1-9-4-5-12(13(14)8-9)7-10(2)6-11(3)15/h4-5,8,10H,6-7H2,1-3H3. The molecule has 0 aliphatic heterocycles. The summed E-state index contributed by atoms with van der Waals surface area (Å²) in [6, 6.07) is 6.37. The molecule has 1 unspecified atom stereocenters. The largest absolute Gasteiger partial charge is 0.300 e. The van der Waals surface area contributed by atoms with Crippen LogP contribution in [0.2, 0.25) is 0 Å². The van der Waals surface area contributed by atoms with Crippen molar-refractivity contribution in [1.82, 2.24) is 0 Å². The normalized spacial score (nSPS) is 12.5. The lowest BCUT2D eigenvalue weighted by Gasteiger charge is -2.11. The summed E-state index contributed by atoms with van der Waals surface area (Å²) in [7, 11) is 0. The maximum atomic E-state index is 11.0. The Balaban J connectivity index is 2.68. The van der Waals surface area contributed by atoms with E-state index in [1.165, 1.54) is 11.1 Å². The Kier molecular flexibility index (Phi) is 4.52. The minimum absolute atomic E-state index is 0.269. The number of aryl methyl sites for hydroxylation is 1. The molecule has 1 rings (SSSR count). The second-order valence-electron chi connectivity index (χ2n) is 4.31. The van der Waals surface area contributed by atoms with Crippen molar-refractivity contribution in [3.05, 3.63) is 33.8 Å². The van der Waals surface area contributed by atoms with Crippen LogP contribution in [0.1, 0.15) is 31.4 Å². The van der Waals surface area contributed by atoms with Crippen molar-refractivity contribution in [2.75, 3.05) is 0 Å². The van der Waals surface area contributed by atoms with Crippen molar-refractivity contribution >= 4 is 21.7 Å². The Labute approximate surface area is 100 Å². The van der Waals surface area contributed by atoms with E-state index in [1.54, 1.807) is 6.92 Å². The number of rotatable bonds is 4. The number of hydrogen-bond acceptors (Lipinski definition) is 1. The summed E-state index contributed by atoms with van der Waals surface area (Å²) in [5, 5.41) is 0. The molecule has 0 heterocycles. The Bertz CT molecular complexity index is 358. The van der Waals surface area contributed by atoms with Crippen molar-refractivity contribution in [3.8, 4) is 0 Å². The fraction of sp³-hybridized carbons (Fsp3) is 0.462. The highest BCUT2D eigenvalue weighted by molar-refractivity contribution is 9.10. The second kappa shape index (κ2) is 5.45. The van der Waals surface area contributed by atoms with E-state index in [4.69, 9.17) is 0 Å². The predicted octanol–water partition coefficient (Wildman–Crippen LogP) is 3.92. The molecule has 0 aliphatic carbocycles. The van der Waals surface area contributed by atoms with Gasteiger partial charge >= 0.3 is 0 Å². The molecule has 15 heavy (non-hydrogen) atoms. The highest BCUT2D eigenvalue weighted by Crippen LogP contribution is 2.22. The molecule has 0 N–H and O–H groups in total. The number of halogens is 1. The van der Waals surface area contributed by atoms with Crippen LogP contribution < -0.4 is 0 Å². The topological polar surface area (TPSA) is 17.1 Å². The number of benzene rings is 1. The van der Waals surface area contributed by atoms with Crippen LogP contribution in [-0.2, 0) is 11.2 Å². The lowest BCUT2D eigenvalue weighted by atomic mass is 9.96. The molecule has 0 radical (unpaired) electrons. The molecule has 0 saturated heterocycles. The highest BCUT2D eigenvalue weighted by atomic mass is 79.9. The molecular weight excluding hydrogens is 252 g/mol. The zero-order valence-electron chi connectivity index (χ0n) is 9.51. The van der Waals surface area contributed by atoms with Crippen LogP contribution in [0, 0.1) is 12.8 Å². The van der Waals surface area contributed by atoms with Gasteiger partial charge in [0.15, 0.2) is 0 Å². The molecule has 1 aromatic carbocycles. The summed E-state index contributed by atoms with van der Waals surface area (Å²) in [5.41, 5.74) is 2.54. The SMILES string of the molecule is CC(=O)CC(C)Cc1ccc(C)cc1Br. The molecule has 0 amide bonds. The van der Waals surface area contributed by atoms with E-state index in [0.717, 1.165) is 10.9 Å². The number of carbonyl (C=O) groups is 1. The van der Waals surface area contributed by atoms with Gasteiger partial charge in [0.25, 0.3) is 0 Å². The molecular formula is C13H17BrO. The molecule has 1 atom stereocenters. The first kappa shape index (κ1) is 12.4. The third kappa shape index (κ3) is 4.17. The van der Waals surface area contributed by atoms with E-state index in [0.29, 0.717) is 12.3 Å². The summed E-state index contributed by atoms with van der Waals surface area (Å²) in [4.78, 5) is 11.0. The van der Waals surface area contributed by atoms with E-state index in [-0.39, 0.29) is 5.78 Å². The minimum atomic E-state index is 0.269. The van der Waals surface area contributed by atoms with Gasteiger partial charge in [0, 0.05) is 10.9 Å². The van der Waals surface area contributed by atoms with Gasteiger partial charge in [-0.1, -0.05) is 35.0 Å². The van der Waals surface area contributed by atoms with Crippen LogP contribution in [0.3, 0.4) is 0 Å². The quantitative estimate of drug-likeness (QED) is 0.809. The van der Waals surface area contributed by atoms with Gasteiger partial charge in [0.05, 0.1) is 0 Å². The molecule has 1 aromatic rings. The predicted molar refractivity (Wildman–Crippen MR) is 67.0 cm³/mol. The zero-order chi connectivity index (χ0) is 11.4. The number of Topliss-reactive ketones (excluding diaryl/α,β-unsaturated/α-hetero) is 1. The summed E-state index contributed by atoms with van der Waals surface area (Å²) in [6.07, 6.45) is 1.63. The fourth-order valence-electron chi connectivity index (χ4n) is 1.76. The van der Waals surface area contributed by atoms with Gasteiger partial charge in [-0.3, -0.25) is 0 Å². The zero-order valence-corrected chi connectivity index (χ0v) is 11.1. The van der Waals surface area contributed by atoms with Crippen LogP contribution >= 0.6 is 15.9 Å². The molecule has 2 heteroatoms. The average Bonchev–Trinajstić information content (AvgIpc) is 2.08. The van der Waals surface area contributed by atoms with E-state index >= 15 is 0 Å². The van der Waals surface area contributed by atoms with Gasteiger partial charge in [-0.05, 0) is 43.4 Å². The Morgan fingerprint density at radius 3 is 2.67 bits per heavy atom. The van der Waals surface area contributed by atoms with E-state index < -0.39 is 0 Å². The third-order valence-electron chi connectivity index (χ3n) is 2.41. The smallest absolute Gasteiger partial charge is 0.130 e. The van der Waals surface area contributed by atoms with Gasteiger partial charge in [-0.15, -0.1) is 0 Å². The first-order valence-electron chi connectivity index (χ1n) is 5.23. The molecule has 82 valence electrons. The van der Waals surface area contributed by atoms with Crippen molar-refractivity contribution in [2.45, 2.75) is 33.6 Å². The maximum Gasteiger partial charge on any atom is 0.130 e. The summed E-state index contributed by atoms with van der Waals surface area (Å²) in [5.74, 6) is 0.687. The van der Waals surface area contributed by atoms with Crippen LogP contribution in [0.15, 0.2) is 22.7 Å². The Morgan fingerprint density at radius 2 is 2.13 bits per heavy atom. The van der Waals surface area contributed by atoms with Crippen LogP contribution in [-0.4, -0.2) is 5.78 Å². The van der Waals surface area contributed by atoms with Gasteiger partial charge < -0.3 is 4.79 Å². The molecule has 0 spiro atoms. The average molecular weight is 269 g/mol. The monoisotopic (exact) mass is 268 g/mol. The molecule has 0 bridgehead atoms. The molecule has 0 aromatic heterocycles. The lowest BCUT2D eigenvalue weighted by Crippen LogP contribution is -2.05. The van der Waals surface area contributed by atoms with Gasteiger partial charge in [0.2, 0.25) is 0 Å². The van der Waals surface area contributed by atoms with Gasteiger partial charge in [-0.2, -0.15) is 0 Å². The highest BCUT2D eigenvalue weighted by Gasteiger charge is 2.08. The number of carbonyl (C=O) groups excluding carboxylic acids is 1. The minimum Gasteiger partial charge on any atom is -0.300 e. The maximum absolute atomic E-state index is 11.0. The first-order chi connectivity index (χ1) is 6.99. The summed E-state index contributed by atoms with van der Waals surface area (Å²) in [6.45, 7) is 5.85. The molecule has 0 saturated carbocycles.